The van der Waals surface area contributed by atoms with Crippen LogP contribution in [0.2, 0.25) is 0 Å². The predicted octanol–water partition coefficient (Wildman–Crippen LogP) is 4.72. The second-order valence-corrected chi connectivity index (χ2v) is 7.02. The number of piperidine rings is 1. The molecular weight excluding hydrogens is 340 g/mol. The molecule has 0 spiro atoms. The Hall–Kier alpha value is -2.82. The molecule has 0 bridgehead atoms. The third-order valence-corrected chi connectivity index (χ3v) is 5.16. The molecule has 5 heteroatoms. The molecule has 3 rings (SSSR count). The molecule has 2 aromatic carbocycles. The zero-order chi connectivity index (χ0) is 19.4. The number of amides is 3. The van der Waals surface area contributed by atoms with Crippen LogP contribution in [0.5, 0.6) is 5.75 Å². The van der Waals surface area contributed by atoms with Crippen LogP contribution in [0, 0.1) is 0 Å². The highest BCUT2D eigenvalue weighted by Crippen LogP contribution is 2.27. The third kappa shape index (κ3) is 3.97. The Labute approximate surface area is 160 Å². The molecule has 0 saturated carbocycles. The first-order chi connectivity index (χ1) is 13.0. The summed E-state index contributed by atoms with van der Waals surface area (Å²) < 4.78 is 5.16. The number of rotatable bonds is 3. The number of hydrogen-bond acceptors (Lipinski definition) is 3. The Kier molecular flexibility index (Phi) is 5.79. The number of benzene rings is 2. The van der Waals surface area contributed by atoms with Crippen molar-refractivity contribution in [2.45, 2.75) is 45.2 Å². The monoisotopic (exact) mass is 366 g/mol. The van der Waals surface area contributed by atoms with Crippen molar-refractivity contribution < 1.29 is 14.3 Å². The summed E-state index contributed by atoms with van der Waals surface area (Å²) in [6.07, 6.45) is 3.01. The van der Waals surface area contributed by atoms with E-state index >= 15 is 0 Å². The molecule has 2 aromatic rings. The summed E-state index contributed by atoms with van der Waals surface area (Å²) in [7, 11) is 1.58. The number of hydrogen-bond donors (Lipinski definition) is 0. The van der Waals surface area contributed by atoms with E-state index in [1.165, 1.54) is 4.90 Å². The number of likely N-dealkylation sites (tertiary alicyclic amines) is 1. The maximum absolute atomic E-state index is 13.5. The number of carbonyl (C=O) groups excluding carboxylic acids is 2. The number of imide groups is 1. The summed E-state index contributed by atoms with van der Waals surface area (Å²) in [6.45, 7) is 4.10. The lowest BCUT2D eigenvalue weighted by Gasteiger charge is -2.41. The summed E-state index contributed by atoms with van der Waals surface area (Å²) in [5.74, 6) is 0.334. The van der Waals surface area contributed by atoms with Gasteiger partial charge in [-0.05, 0) is 69.5 Å². The van der Waals surface area contributed by atoms with Crippen molar-refractivity contribution in [2.24, 2.45) is 0 Å². The second kappa shape index (κ2) is 8.25. The van der Waals surface area contributed by atoms with E-state index in [0.717, 1.165) is 19.3 Å². The van der Waals surface area contributed by atoms with Gasteiger partial charge < -0.3 is 9.64 Å². The van der Waals surface area contributed by atoms with E-state index < -0.39 is 0 Å². The van der Waals surface area contributed by atoms with E-state index in [9.17, 15) is 9.59 Å². The van der Waals surface area contributed by atoms with Gasteiger partial charge in [0, 0.05) is 17.6 Å². The maximum Gasteiger partial charge on any atom is 0.332 e. The minimum Gasteiger partial charge on any atom is -0.497 e. The van der Waals surface area contributed by atoms with Gasteiger partial charge in [0.15, 0.2) is 0 Å². The molecule has 5 nitrogen and oxygen atoms in total. The number of ether oxygens (including phenoxy) is 1. The van der Waals surface area contributed by atoms with Gasteiger partial charge in [0.1, 0.15) is 5.75 Å². The average molecular weight is 366 g/mol. The van der Waals surface area contributed by atoms with Crippen LogP contribution in [0.15, 0.2) is 54.6 Å². The van der Waals surface area contributed by atoms with E-state index in [2.05, 4.69) is 13.8 Å². The Morgan fingerprint density at radius 1 is 0.963 bits per heavy atom. The molecule has 0 unspecified atom stereocenters. The van der Waals surface area contributed by atoms with E-state index in [4.69, 9.17) is 4.74 Å². The molecule has 1 aliphatic heterocycles. The fourth-order valence-corrected chi connectivity index (χ4v) is 3.67. The Bertz CT molecular complexity index is 779. The van der Waals surface area contributed by atoms with Crippen molar-refractivity contribution in [3.05, 3.63) is 60.2 Å². The van der Waals surface area contributed by atoms with Crippen LogP contribution in [0.25, 0.3) is 0 Å². The first-order valence-electron chi connectivity index (χ1n) is 9.38. The molecule has 2 atom stereocenters. The first kappa shape index (κ1) is 19.0. The number of methoxy groups -OCH3 is 1. The lowest BCUT2D eigenvalue weighted by atomic mass is 9.98. The van der Waals surface area contributed by atoms with Gasteiger partial charge in [0.05, 0.1) is 12.8 Å². The Morgan fingerprint density at radius 2 is 1.56 bits per heavy atom. The highest BCUT2D eigenvalue weighted by atomic mass is 16.5. The first-order valence-corrected chi connectivity index (χ1v) is 9.38. The molecule has 1 fully saturated rings. The van der Waals surface area contributed by atoms with E-state index in [0.29, 0.717) is 17.0 Å². The quantitative estimate of drug-likeness (QED) is 0.789. The van der Waals surface area contributed by atoms with Crippen LogP contribution in [0.1, 0.15) is 43.5 Å². The smallest absolute Gasteiger partial charge is 0.332 e. The molecule has 0 radical (unpaired) electrons. The number of nitrogens with zero attached hydrogens (tertiary/aromatic N) is 2. The van der Waals surface area contributed by atoms with Crippen LogP contribution < -0.4 is 9.64 Å². The van der Waals surface area contributed by atoms with Gasteiger partial charge in [0.2, 0.25) is 0 Å². The van der Waals surface area contributed by atoms with E-state index in [1.54, 1.807) is 43.5 Å². The molecular formula is C22H26N2O3. The van der Waals surface area contributed by atoms with Crippen LogP contribution in [0.3, 0.4) is 0 Å². The summed E-state index contributed by atoms with van der Waals surface area (Å²) in [6, 6.07) is 15.9. The SMILES string of the molecule is COc1ccc(C(=O)N(C(=O)N2[C@H](C)CCC[C@@H]2C)c2ccccc2)cc1. The largest absolute Gasteiger partial charge is 0.497 e. The fourth-order valence-electron chi connectivity index (χ4n) is 3.67. The van der Waals surface area contributed by atoms with Crippen LogP contribution in [-0.4, -0.2) is 36.0 Å². The van der Waals surface area contributed by atoms with Gasteiger partial charge in [-0.25, -0.2) is 9.69 Å². The summed E-state index contributed by atoms with van der Waals surface area (Å²) in [4.78, 5) is 29.9. The van der Waals surface area contributed by atoms with Gasteiger partial charge in [0.25, 0.3) is 5.91 Å². The molecule has 0 N–H and O–H groups in total. The van der Waals surface area contributed by atoms with Crippen molar-refractivity contribution in [1.29, 1.82) is 0 Å². The zero-order valence-corrected chi connectivity index (χ0v) is 16.1. The average Bonchev–Trinajstić information content (AvgIpc) is 2.69. The molecule has 0 aliphatic carbocycles. The maximum atomic E-state index is 13.5. The molecule has 27 heavy (non-hydrogen) atoms. The summed E-state index contributed by atoms with van der Waals surface area (Å²) in [5, 5.41) is 0. The van der Waals surface area contributed by atoms with Crippen LogP contribution >= 0.6 is 0 Å². The Balaban J connectivity index is 1.98. The molecule has 0 aromatic heterocycles. The van der Waals surface area contributed by atoms with E-state index in [1.807, 2.05) is 23.1 Å². The van der Waals surface area contributed by atoms with Crippen molar-refractivity contribution >= 4 is 17.6 Å². The van der Waals surface area contributed by atoms with Gasteiger partial charge in [-0.3, -0.25) is 4.79 Å². The standard InChI is InChI=1S/C22H26N2O3/c1-16-8-7-9-17(2)23(16)22(26)24(19-10-5-4-6-11-19)21(25)18-12-14-20(27-3)15-13-18/h4-6,10-17H,7-9H2,1-3H3/t16-,17+. The van der Waals surface area contributed by atoms with Gasteiger partial charge in [-0.1, -0.05) is 18.2 Å². The third-order valence-electron chi connectivity index (χ3n) is 5.16. The van der Waals surface area contributed by atoms with Crippen molar-refractivity contribution in [3.8, 4) is 5.75 Å². The normalized spacial score (nSPS) is 19.4. The minimum atomic E-state index is -0.334. The number of anilines is 1. The van der Waals surface area contributed by atoms with Gasteiger partial charge >= 0.3 is 6.03 Å². The molecule has 1 aliphatic rings. The van der Waals surface area contributed by atoms with Crippen molar-refractivity contribution in [2.75, 3.05) is 12.0 Å². The lowest BCUT2D eigenvalue weighted by Crippen LogP contribution is -2.55. The van der Waals surface area contributed by atoms with Gasteiger partial charge in [-0.15, -0.1) is 0 Å². The Morgan fingerprint density at radius 3 is 2.11 bits per heavy atom. The molecule has 1 heterocycles. The minimum absolute atomic E-state index is 0.108. The lowest BCUT2D eigenvalue weighted by molar-refractivity contribution is 0.0954. The molecule has 1 saturated heterocycles. The predicted molar refractivity (Wildman–Crippen MR) is 106 cm³/mol. The molecule has 3 amide bonds. The van der Waals surface area contributed by atoms with Crippen LogP contribution in [-0.2, 0) is 0 Å². The topological polar surface area (TPSA) is 49.9 Å². The summed E-state index contributed by atoms with van der Waals surface area (Å²) >= 11 is 0. The highest BCUT2D eigenvalue weighted by molar-refractivity contribution is 6.20. The second-order valence-electron chi connectivity index (χ2n) is 7.02. The van der Waals surface area contributed by atoms with Crippen molar-refractivity contribution in [1.82, 2.24) is 4.90 Å². The van der Waals surface area contributed by atoms with Crippen LogP contribution in [0.4, 0.5) is 10.5 Å². The number of carbonyl (C=O) groups is 2. The van der Waals surface area contributed by atoms with Crippen molar-refractivity contribution in [3.63, 3.8) is 0 Å². The summed E-state index contributed by atoms with van der Waals surface area (Å²) in [5.41, 5.74) is 1.03. The highest BCUT2D eigenvalue weighted by Gasteiger charge is 2.35. The van der Waals surface area contributed by atoms with Gasteiger partial charge in [-0.2, -0.15) is 0 Å². The number of para-hydroxylation sites is 1. The number of urea groups is 1. The molecule has 142 valence electrons. The van der Waals surface area contributed by atoms with E-state index in [-0.39, 0.29) is 24.0 Å². The zero-order valence-electron chi connectivity index (χ0n) is 16.1. The fraction of sp³-hybridized carbons (Fsp3) is 0.364.